The van der Waals surface area contributed by atoms with Crippen molar-refractivity contribution in [3.63, 3.8) is 0 Å². The van der Waals surface area contributed by atoms with Gasteiger partial charge in [0.25, 0.3) is 0 Å². The molecule has 0 N–H and O–H groups in total. The lowest BCUT2D eigenvalue weighted by atomic mass is 9.64. The van der Waals surface area contributed by atoms with E-state index in [-0.39, 0.29) is 0 Å². The van der Waals surface area contributed by atoms with Crippen LogP contribution in [0.4, 0.5) is 0 Å². The Bertz CT molecular complexity index is 3620. The van der Waals surface area contributed by atoms with Crippen molar-refractivity contribution in [3.8, 4) is 33.4 Å². The van der Waals surface area contributed by atoms with E-state index in [1.807, 2.05) is 16.8 Å². The summed E-state index contributed by atoms with van der Waals surface area (Å²) in [7, 11) is 2.07. The first-order chi connectivity index (χ1) is 33.5. The third kappa shape index (κ3) is 5.56. The molecule has 0 radical (unpaired) electrons. The number of fused-ring (bicyclic) bond motifs is 9. The maximum Gasteiger partial charge on any atom is 0.204 e. The van der Waals surface area contributed by atoms with Crippen LogP contribution in [0.5, 0.6) is 0 Å². The summed E-state index contributed by atoms with van der Waals surface area (Å²) >= 11 is 0. The Labute approximate surface area is 406 Å². The van der Waals surface area contributed by atoms with Crippen LogP contribution in [0.1, 0.15) is 94.7 Å². The van der Waals surface area contributed by atoms with E-state index in [2.05, 4.69) is 242 Å². The molecule has 3 heteroatoms. The fourth-order valence-electron chi connectivity index (χ4n) is 13.0. The third-order valence-corrected chi connectivity index (χ3v) is 15.9. The first-order valence-corrected chi connectivity index (χ1v) is 24.3. The zero-order valence-corrected chi connectivity index (χ0v) is 40.3. The first-order valence-electron chi connectivity index (χ1n) is 24.3. The molecule has 332 valence electrons. The lowest BCUT2D eigenvalue weighted by molar-refractivity contribution is -0.675. The van der Waals surface area contributed by atoms with Gasteiger partial charge in [-0.05, 0) is 144 Å². The molecule has 0 amide bonds. The van der Waals surface area contributed by atoms with E-state index in [1.54, 1.807) is 0 Å². The van der Waals surface area contributed by atoms with Crippen molar-refractivity contribution in [1.82, 2.24) is 9.55 Å². The van der Waals surface area contributed by atoms with Crippen LogP contribution in [0.25, 0.3) is 33.4 Å². The maximum absolute atomic E-state index is 5.28. The largest absolute Gasteiger partial charge is 0.354 e. The SMILES string of the molecule is Cc1ccc2c(c1)-c1cc(C)ccc1C2(c1cccc(C2(c3ccccn3)c3ccc(C)cc3-c3cc(C)ccc32)c1)c1cccc(C2(n3[c-][n+](C)cc3)c3ccc(C)cc3-c3cc(C)ccc32)c1. The maximum atomic E-state index is 5.28. The predicted molar refractivity (Wildman–Crippen MR) is 279 cm³/mol. The lowest BCUT2D eigenvalue weighted by Crippen LogP contribution is -2.38. The second kappa shape index (κ2) is 14.8. The van der Waals surface area contributed by atoms with Gasteiger partial charge >= 0.3 is 0 Å². The summed E-state index contributed by atoms with van der Waals surface area (Å²) in [5.41, 5.74) is 26.6. The Morgan fingerprint density at radius 1 is 0.391 bits per heavy atom. The highest BCUT2D eigenvalue weighted by Gasteiger charge is 2.53. The van der Waals surface area contributed by atoms with E-state index in [1.165, 1.54) is 122 Å². The van der Waals surface area contributed by atoms with Crippen molar-refractivity contribution in [2.24, 2.45) is 7.05 Å². The molecule has 69 heavy (non-hydrogen) atoms. The van der Waals surface area contributed by atoms with Crippen molar-refractivity contribution in [3.05, 3.63) is 296 Å². The Balaban J connectivity index is 1.15. The third-order valence-electron chi connectivity index (χ3n) is 15.9. The van der Waals surface area contributed by atoms with Crippen LogP contribution in [0.15, 0.2) is 195 Å². The van der Waals surface area contributed by atoms with Crippen LogP contribution in [-0.4, -0.2) is 9.55 Å². The molecular formula is C66H53N3. The number of aryl methyl sites for hydroxylation is 7. The normalized spacial score (nSPS) is 14.9. The monoisotopic (exact) mass is 887 g/mol. The number of pyridine rings is 1. The van der Waals surface area contributed by atoms with Crippen LogP contribution < -0.4 is 4.57 Å². The minimum absolute atomic E-state index is 0.672. The smallest absolute Gasteiger partial charge is 0.204 e. The van der Waals surface area contributed by atoms with E-state index >= 15 is 0 Å². The first kappa shape index (κ1) is 41.3. The average Bonchev–Trinajstić information content (AvgIpc) is 4.08. The van der Waals surface area contributed by atoms with Crippen molar-refractivity contribution in [2.45, 2.75) is 57.9 Å². The van der Waals surface area contributed by atoms with Gasteiger partial charge in [-0.1, -0.05) is 191 Å². The Morgan fingerprint density at radius 2 is 0.768 bits per heavy atom. The lowest BCUT2D eigenvalue weighted by Gasteiger charge is -2.38. The van der Waals surface area contributed by atoms with Gasteiger partial charge in [0.05, 0.1) is 23.6 Å². The number of hydrogen-bond donors (Lipinski definition) is 0. The van der Waals surface area contributed by atoms with Gasteiger partial charge in [0.1, 0.15) is 0 Å². The van der Waals surface area contributed by atoms with Crippen LogP contribution in [0.3, 0.4) is 0 Å². The summed E-state index contributed by atoms with van der Waals surface area (Å²) in [6.45, 7) is 13.3. The summed E-state index contributed by atoms with van der Waals surface area (Å²) in [6, 6.07) is 68.0. The number of aromatic nitrogens is 3. The quantitative estimate of drug-likeness (QED) is 0.120. The fourth-order valence-corrected chi connectivity index (χ4v) is 13.0. The number of rotatable bonds is 6. The molecule has 0 aliphatic heterocycles. The zero-order valence-electron chi connectivity index (χ0n) is 40.3. The van der Waals surface area contributed by atoms with Gasteiger partial charge in [-0.2, -0.15) is 0 Å². The molecule has 0 unspecified atom stereocenters. The molecule has 0 atom stereocenters. The van der Waals surface area contributed by atoms with E-state index in [0.717, 1.165) is 5.69 Å². The van der Waals surface area contributed by atoms with Crippen molar-refractivity contribution < 1.29 is 4.57 Å². The summed E-state index contributed by atoms with van der Waals surface area (Å²) in [5, 5.41) is 0. The van der Waals surface area contributed by atoms with Crippen LogP contribution in [0, 0.1) is 47.9 Å². The molecule has 3 nitrogen and oxygen atoms in total. The highest BCUT2D eigenvalue weighted by molar-refractivity contribution is 5.90. The minimum atomic E-state index is -0.703. The standard InChI is InChI=1S/C66H53N3/c1-41-17-23-57-51(32-41)52-33-42(2)18-24-58(52)64(57,47-12-10-14-49(38-47)65(63-16-8-9-29-67-63)59-25-19-43(3)34-53(59)54-35-44(4)20-26-60(54)65)48-13-11-15-50(39-48)66(69-31-30-68(7)40-69)61-27-21-45(5)36-55(61)56-37-46(6)22-28-62(56)66/h8-39H,1-7H3. The molecule has 8 aromatic carbocycles. The minimum Gasteiger partial charge on any atom is -0.354 e. The van der Waals surface area contributed by atoms with Gasteiger partial charge in [-0.25, -0.2) is 0 Å². The number of hydrogen-bond acceptors (Lipinski definition) is 1. The predicted octanol–water partition coefficient (Wildman–Crippen LogP) is 13.9. The second-order valence-corrected chi connectivity index (χ2v) is 20.3. The molecular weight excluding hydrogens is 835 g/mol. The van der Waals surface area contributed by atoms with E-state index in [0.29, 0.717) is 0 Å². The topological polar surface area (TPSA) is 21.7 Å². The van der Waals surface area contributed by atoms with Crippen molar-refractivity contribution >= 4 is 0 Å². The molecule has 0 saturated carbocycles. The molecule has 0 saturated heterocycles. The van der Waals surface area contributed by atoms with Crippen molar-refractivity contribution in [1.29, 1.82) is 0 Å². The summed E-state index contributed by atoms with van der Waals surface area (Å²) in [4.78, 5) is 5.28. The molecule has 3 aliphatic rings. The van der Waals surface area contributed by atoms with E-state index in [4.69, 9.17) is 4.98 Å². The molecule has 13 rings (SSSR count). The van der Waals surface area contributed by atoms with Crippen LogP contribution in [0.2, 0.25) is 0 Å². The molecule has 3 aliphatic carbocycles. The second-order valence-electron chi connectivity index (χ2n) is 20.3. The number of nitrogens with zero attached hydrogens (tertiary/aromatic N) is 3. The van der Waals surface area contributed by atoms with Gasteiger partial charge in [0.2, 0.25) is 6.33 Å². The molecule has 2 heterocycles. The summed E-state index contributed by atoms with van der Waals surface area (Å²) in [5.74, 6) is 0. The molecule has 10 aromatic rings. The Hall–Kier alpha value is -7.88. The highest BCUT2D eigenvalue weighted by Crippen LogP contribution is 2.61. The molecule has 2 aromatic heterocycles. The highest BCUT2D eigenvalue weighted by atomic mass is 15.2. The average molecular weight is 888 g/mol. The molecule has 0 spiro atoms. The Kier molecular flexibility index (Phi) is 8.87. The molecule has 0 fully saturated rings. The fraction of sp³-hybridized carbons (Fsp3) is 0.152. The van der Waals surface area contributed by atoms with E-state index in [9.17, 15) is 0 Å². The van der Waals surface area contributed by atoms with E-state index < -0.39 is 16.4 Å². The Morgan fingerprint density at radius 3 is 1.17 bits per heavy atom. The summed E-state index contributed by atoms with van der Waals surface area (Å²) < 4.78 is 4.37. The van der Waals surface area contributed by atoms with Crippen molar-refractivity contribution in [2.75, 3.05) is 0 Å². The number of imidazole rings is 1. The summed E-state index contributed by atoms with van der Waals surface area (Å²) in [6.07, 6.45) is 10.0. The molecule has 0 bridgehead atoms. The number of benzene rings is 8. The zero-order chi connectivity index (χ0) is 47.0. The van der Waals surface area contributed by atoms with Gasteiger partial charge in [0.15, 0.2) is 5.54 Å². The van der Waals surface area contributed by atoms with Gasteiger partial charge in [0, 0.05) is 22.9 Å². The van der Waals surface area contributed by atoms with Crippen LogP contribution in [-0.2, 0) is 23.4 Å². The van der Waals surface area contributed by atoms with Gasteiger partial charge in [-0.3, -0.25) is 4.98 Å². The van der Waals surface area contributed by atoms with Gasteiger partial charge in [-0.15, -0.1) is 0 Å². The van der Waals surface area contributed by atoms with Gasteiger partial charge < -0.3 is 9.13 Å². The van der Waals surface area contributed by atoms with Crippen LogP contribution >= 0.6 is 0 Å².